The zero-order valence-electron chi connectivity index (χ0n) is 5.84. The first-order valence-electron chi connectivity index (χ1n) is 3.67. The highest BCUT2D eigenvalue weighted by atomic mass is 32.1. The highest BCUT2D eigenvalue weighted by Gasteiger charge is 2.12. The molecule has 1 aliphatic rings. The summed E-state index contributed by atoms with van der Waals surface area (Å²) in [4.78, 5) is 0. The fourth-order valence-corrected chi connectivity index (χ4v) is 2.04. The van der Waals surface area contributed by atoms with E-state index >= 15 is 0 Å². The van der Waals surface area contributed by atoms with Crippen molar-refractivity contribution in [1.82, 2.24) is 0 Å². The van der Waals surface area contributed by atoms with Crippen LogP contribution in [0.25, 0.3) is 0 Å². The predicted octanol–water partition coefficient (Wildman–Crippen LogP) is 1.24. The molecule has 0 unspecified atom stereocenters. The Morgan fingerprint density at radius 2 is 2.50 bits per heavy atom. The van der Waals surface area contributed by atoms with Gasteiger partial charge < -0.3 is 0 Å². The summed E-state index contributed by atoms with van der Waals surface area (Å²) in [6.07, 6.45) is 4.76. The summed E-state index contributed by atoms with van der Waals surface area (Å²) in [6, 6.07) is 0. The van der Waals surface area contributed by atoms with Crippen LogP contribution in [0, 0.1) is 0 Å². The minimum atomic E-state index is 1.14. The molecule has 54 valence electrons. The molecule has 0 amide bonds. The second kappa shape index (κ2) is 2.58. The molecule has 2 rings (SSSR count). The molecule has 0 saturated carbocycles. The lowest BCUT2D eigenvalue weighted by molar-refractivity contribution is -0.678. The molecule has 0 radical (unpaired) electrons. The average molecular weight is 155 g/mol. The van der Waals surface area contributed by atoms with Gasteiger partial charge in [-0.25, -0.2) is 4.57 Å². The summed E-state index contributed by atoms with van der Waals surface area (Å²) in [5, 5.41) is 6.84. The summed E-state index contributed by atoms with van der Waals surface area (Å²) in [7, 11) is 0. The molecule has 0 aliphatic carbocycles. The van der Waals surface area contributed by atoms with Gasteiger partial charge in [0.05, 0.1) is 13.1 Å². The van der Waals surface area contributed by atoms with Gasteiger partial charge in [-0.1, -0.05) is 11.3 Å². The molecule has 1 aromatic rings. The van der Waals surface area contributed by atoms with E-state index in [4.69, 9.17) is 0 Å². The molecular weight excluding hydrogens is 144 g/mol. The lowest BCUT2D eigenvalue weighted by Gasteiger charge is -1.90. The highest BCUT2D eigenvalue weighted by Crippen LogP contribution is 2.11. The zero-order valence-corrected chi connectivity index (χ0v) is 6.66. The third kappa shape index (κ3) is 1.01. The molecule has 2 heterocycles. The Labute approximate surface area is 64.5 Å². The van der Waals surface area contributed by atoms with Gasteiger partial charge in [0.15, 0.2) is 0 Å². The summed E-state index contributed by atoms with van der Waals surface area (Å²) < 4.78 is 2.29. The van der Waals surface area contributed by atoms with Gasteiger partial charge in [-0.05, 0) is 12.8 Å². The maximum absolute atomic E-state index is 3.39. The molecule has 0 atom stereocenters. The van der Waals surface area contributed by atoms with E-state index in [1.54, 1.807) is 11.3 Å². The van der Waals surface area contributed by atoms with Gasteiger partial charge in [0.2, 0.25) is 0 Å². The number of nitrogens with one attached hydrogen (secondary N) is 1. The van der Waals surface area contributed by atoms with Crippen molar-refractivity contribution in [2.24, 2.45) is 0 Å². The summed E-state index contributed by atoms with van der Waals surface area (Å²) in [6.45, 7) is 2.33. The van der Waals surface area contributed by atoms with Crippen LogP contribution < -0.4 is 9.88 Å². The second-order valence-corrected chi connectivity index (χ2v) is 3.43. The number of aryl methyl sites for hydroxylation is 1. The Bertz CT molecular complexity index is 199. The molecular formula is C7H11N2S+. The van der Waals surface area contributed by atoms with E-state index in [1.165, 1.54) is 24.5 Å². The van der Waals surface area contributed by atoms with Crippen LogP contribution in [0.15, 0.2) is 11.6 Å². The topological polar surface area (TPSA) is 15.9 Å². The molecule has 1 aliphatic heterocycles. The lowest BCUT2D eigenvalue weighted by Crippen LogP contribution is -2.31. The number of aromatic nitrogens is 1. The normalized spacial score (nSPS) is 17.2. The number of anilines is 1. The fourth-order valence-electron chi connectivity index (χ4n) is 1.23. The molecule has 0 bridgehead atoms. The van der Waals surface area contributed by atoms with Crippen molar-refractivity contribution < 1.29 is 4.57 Å². The van der Waals surface area contributed by atoms with Gasteiger partial charge >= 0.3 is 5.13 Å². The second-order valence-electron chi connectivity index (χ2n) is 2.54. The molecule has 1 aromatic heterocycles. The van der Waals surface area contributed by atoms with Gasteiger partial charge in [-0.2, -0.15) is 0 Å². The van der Waals surface area contributed by atoms with Crippen LogP contribution in [0.4, 0.5) is 5.13 Å². The van der Waals surface area contributed by atoms with E-state index in [2.05, 4.69) is 21.5 Å². The first-order chi connectivity index (χ1) is 4.97. The molecule has 0 spiro atoms. The van der Waals surface area contributed by atoms with Crippen molar-refractivity contribution in [2.45, 2.75) is 19.4 Å². The van der Waals surface area contributed by atoms with Crippen molar-refractivity contribution in [3.63, 3.8) is 0 Å². The SMILES string of the molecule is c1c[n+]2c(s1)NCCCC2. The van der Waals surface area contributed by atoms with Crippen molar-refractivity contribution in [3.05, 3.63) is 11.6 Å². The van der Waals surface area contributed by atoms with E-state index < -0.39 is 0 Å². The van der Waals surface area contributed by atoms with Gasteiger partial charge in [0, 0.05) is 5.38 Å². The number of thiazole rings is 1. The lowest BCUT2D eigenvalue weighted by atomic mass is 10.3. The first-order valence-corrected chi connectivity index (χ1v) is 4.55. The van der Waals surface area contributed by atoms with E-state index in [0.29, 0.717) is 0 Å². The summed E-state index contributed by atoms with van der Waals surface area (Å²) >= 11 is 1.79. The van der Waals surface area contributed by atoms with Gasteiger partial charge in [0.25, 0.3) is 0 Å². The summed E-state index contributed by atoms with van der Waals surface area (Å²) in [5.74, 6) is 0. The van der Waals surface area contributed by atoms with Crippen LogP contribution in [-0.4, -0.2) is 6.54 Å². The molecule has 0 saturated heterocycles. The third-order valence-corrected chi connectivity index (χ3v) is 2.64. The van der Waals surface area contributed by atoms with Crippen LogP contribution in [0.5, 0.6) is 0 Å². The number of nitrogens with zero attached hydrogens (tertiary/aromatic N) is 1. The van der Waals surface area contributed by atoms with Crippen LogP contribution >= 0.6 is 11.3 Å². The highest BCUT2D eigenvalue weighted by molar-refractivity contribution is 7.13. The number of hydrogen-bond donors (Lipinski definition) is 1. The Hall–Kier alpha value is -0.570. The quantitative estimate of drug-likeness (QED) is 0.557. The number of fused-ring (bicyclic) bond motifs is 1. The van der Waals surface area contributed by atoms with Crippen molar-refractivity contribution >= 4 is 16.5 Å². The van der Waals surface area contributed by atoms with Crippen LogP contribution in [0.1, 0.15) is 12.8 Å². The van der Waals surface area contributed by atoms with Crippen LogP contribution in [0.3, 0.4) is 0 Å². The average Bonchev–Trinajstić information content (AvgIpc) is 2.28. The van der Waals surface area contributed by atoms with E-state index in [9.17, 15) is 0 Å². The monoisotopic (exact) mass is 155 g/mol. The maximum atomic E-state index is 3.39. The Morgan fingerprint density at radius 3 is 3.50 bits per heavy atom. The minimum absolute atomic E-state index is 1.14. The smallest absolute Gasteiger partial charge is 0.265 e. The first kappa shape index (κ1) is 6.16. The molecule has 3 heteroatoms. The zero-order chi connectivity index (χ0) is 6.81. The number of hydrogen-bond acceptors (Lipinski definition) is 2. The number of rotatable bonds is 0. The molecule has 2 nitrogen and oxygen atoms in total. The predicted molar refractivity (Wildman–Crippen MR) is 42.2 cm³/mol. The van der Waals surface area contributed by atoms with E-state index in [0.717, 1.165) is 6.54 Å². The Morgan fingerprint density at radius 1 is 1.50 bits per heavy atom. The van der Waals surface area contributed by atoms with Gasteiger partial charge in [0.1, 0.15) is 6.20 Å². The minimum Gasteiger partial charge on any atom is -0.265 e. The molecule has 0 fully saturated rings. The standard InChI is InChI=1S/C7H10N2S/c1-2-4-9-5-6-10-7(9)8-3-1/h5-6H,1-4H2/p+1. The van der Waals surface area contributed by atoms with E-state index in [-0.39, 0.29) is 0 Å². The van der Waals surface area contributed by atoms with Crippen LogP contribution in [-0.2, 0) is 6.54 Å². The molecule has 0 aromatic carbocycles. The Balaban J connectivity index is 2.28. The van der Waals surface area contributed by atoms with Gasteiger partial charge in [-0.3, -0.25) is 5.32 Å². The van der Waals surface area contributed by atoms with Crippen LogP contribution in [0.2, 0.25) is 0 Å². The van der Waals surface area contributed by atoms with Crippen molar-refractivity contribution in [1.29, 1.82) is 0 Å². The Kier molecular flexibility index (Phi) is 1.59. The third-order valence-electron chi connectivity index (χ3n) is 1.78. The van der Waals surface area contributed by atoms with Crippen molar-refractivity contribution in [3.8, 4) is 0 Å². The summed E-state index contributed by atoms with van der Waals surface area (Å²) in [5.41, 5.74) is 0. The largest absolute Gasteiger partial charge is 0.333 e. The van der Waals surface area contributed by atoms with Crippen molar-refractivity contribution in [2.75, 3.05) is 11.9 Å². The maximum Gasteiger partial charge on any atom is 0.333 e. The fraction of sp³-hybridized carbons (Fsp3) is 0.571. The van der Waals surface area contributed by atoms with Gasteiger partial charge in [-0.15, -0.1) is 0 Å². The van der Waals surface area contributed by atoms with E-state index in [1.807, 2.05) is 0 Å². The molecule has 10 heavy (non-hydrogen) atoms. The molecule has 1 N–H and O–H groups in total.